The van der Waals surface area contributed by atoms with Gasteiger partial charge in [-0.3, -0.25) is 9.59 Å². The van der Waals surface area contributed by atoms with Gasteiger partial charge in [0.1, 0.15) is 5.82 Å². The van der Waals surface area contributed by atoms with Gasteiger partial charge in [0.2, 0.25) is 0 Å². The van der Waals surface area contributed by atoms with Crippen LogP contribution >= 0.6 is 0 Å². The molecule has 3 N–H and O–H groups in total. The molecule has 1 aromatic heterocycles. The van der Waals surface area contributed by atoms with E-state index in [9.17, 15) is 9.59 Å². The fourth-order valence-corrected chi connectivity index (χ4v) is 1.50. The number of carboxylic acid groups (broad SMARTS) is 1. The van der Waals surface area contributed by atoms with E-state index in [1.54, 1.807) is 6.07 Å². The number of anilines is 1. The Labute approximate surface area is 111 Å². The number of aromatic nitrogens is 2. The molecule has 1 amide bonds. The van der Waals surface area contributed by atoms with E-state index in [0.717, 1.165) is 0 Å². The van der Waals surface area contributed by atoms with Gasteiger partial charge in [-0.15, -0.1) is 10.2 Å². The molecule has 1 aromatic rings. The summed E-state index contributed by atoms with van der Waals surface area (Å²) in [6.07, 6.45) is 0. The normalized spacial score (nSPS) is 12.0. The summed E-state index contributed by atoms with van der Waals surface area (Å²) >= 11 is 0. The average Bonchev–Trinajstić information content (AvgIpc) is 2.38. The number of amides is 1. The number of rotatable bonds is 6. The van der Waals surface area contributed by atoms with Crippen molar-refractivity contribution in [1.82, 2.24) is 15.5 Å². The Hall–Kier alpha value is -2.18. The highest BCUT2D eigenvalue weighted by molar-refractivity contribution is 5.91. The quantitative estimate of drug-likeness (QED) is 0.696. The highest BCUT2D eigenvalue weighted by Crippen LogP contribution is 2.12. The molecule has 0 saturated heterocycles. The van der Waals surface area contributed by atoms with Gasteiger partial charge >= 0.3 is 5.97 Å². The van der Waals surface area contributed by atoms with Crippen molar-refractivity contribution in [3.8, 4) is 0 Å². The van der Waals surface area contributed by atoms with Crippen LogP contribution in [0.5, 0.6) is 0 Å². The molecule has 104 valence electrons. The van der Waals surface area contributed by atoms with E-state index in [2.05, 4.69) is 20.8 Å². The highest BCUT2D eigenvalue weighted by atomic mass is 16.4. The molecule has 0 aromatic carbocycles. The summed E-state index contributed by atoms with van der Waals surface area (Å²) in [6.45, 7) is 3.96. The molecule has 0 aliphatic heterocycles. The number of nitrogens with one attached hydrogen (secondary N) is 2. The van der Waals surface area contributed by atoms with Gasteiger partial charge in [0, 0.05) is 13.6 Å². The molecule has 0 aliphatic carbocycles. The molecule has 0 spiro atoms. The van der Waals surface area contributed by atoms with Gasteiger partial charge in [0.25, 0.3) is 5.91 Å². The number of hydrogen-bond acceptors (Lipinski definition) is 5. The van der Waals surface area contributed by atoms with Crippen LogP contribution in [0.15, 0.2) is 12.1 Å². The molecule has 0 aliphatic rings. The lowest BCUT2D eigenvalue weighted by atomic mass is 9.96. The third-order valence-corrected chi connectivity index (χ3v) is 2.75. The molecular formula is C12H18N4O3. The van der Waals surface area contributed by atoms with Crippen molar-refractivity contribution >= 4 is 17.7 Å². The Morgan fingerprint density at radius 2 is 2.00 bits per heavy atom. The number of hydrogen-bond donors (Lipinski definition) is 3. The molecular weight excluding hydrogens is 248 g/mol. The van der Waals surface area contributed by atoms with E-state index < -0.39 is 11.9 Å². The average molecular weight is 266 g/mol. The van der Waals surface area contributed by atoms with E-state index in [0.29, 0.717) is 5.82 Å². The van der Waals surface area contributed by atoms with E-state index in [-0.39, 0.29) is 24.1 Å². The van der Waals surface area contributed by atoms with Gasteiger partial charge < -0.3 is 15.7 Å². The molecule has 19 heavy (non-hydrogen) atoms. The first-order valence-corrected chi connectivity index (χ1v) is 5.98. The van der Waals surface area contributed by atoms with E-state index in [4.69, 9.17) is 5.11 Å². The summed E-state index contributed by atoms with van der Waals surface area (Å²) in [7, 11) is 1.51. The zero-order valence-electron chi connectivity index (χ0n) is 11.2. The van der Waals surface area contributed by atoms with Crippen LogP contribution in [0.25, 0.3) is 0 Å². The third kappa shape index (κ3) is 4.20. The Bertz CT molecular complexity index is 445. The highest BCUT2D eigenvalue weighted by Gasteiger charge is 2.21. The number of aliphatic carboxylic acids is 1. The standard InChI is InChI=1S/C12H18N4O3/c1-7(2)8(12(18)19)6-14-10-5-4-9(15-16-10)11(17)13-3/h4-5,7-8H,6H2,1-3H3,(H,13,17)(H,14,16)(H,18,19). The van der Waals surface area contributed by atoms with E-state index in [1.807, 2.05) is 13.8 Å². The van der Waals surface area contributed by atoms with Crippen molar-refractivity contribution in [2.45, 2.75) is 13.8 Å². The van der Waals surface area contributed by atoms with Crippen molar-refractivity contribution in [2.24, 2.45) is 11.8 Å². The SMILES string of the molecule is CNC(=O)c1ccc(NCC(C(=O)O)C(C)C)nn1. The van der Waals surface area contributed by atoms with Crippen molar-refractivity contribution < 1.29 is 14.7 Å². The lowest BCUT2D eigenvalue weighted by Gasteiger charge is -2.16. The molecule has 1 rings (SSSR count). The van der Waals surface area contributed by atoms with Gasteiger partial charge in [0.15, 0.2) is 5.69 Å². The zero-order valence-corrected chi connectivity index (χ0v) is 11.2. The maximum Gasteiger partial charge on any atom is 0.308 e. The lowest BCUT2D eigenvalue weighted by molar-refractivity contribution is -0.142. The molecule has 1 heterocycles. The maximum atomic E-state index is 11.3. The topological polar surface area (TPSA) is 104 Å². The molecule has 0 bridgehead atoms. The number of carbonyl (C=O) groups excluding carboxylic acids is 1. The van der Waals surface area contributed by atoms with Crippen LogP contribution in [0.2, 0.25) is 0 Å². The Balaban J connectivity index is 2.63. The predicted molar refractivity (Wildman–Crippen MR) is 69.9 cm³/mol. The van der Waals surface area contributed by atoms with Crippen LogP contribution in [-0.2, 0) is 4.79 Å². The van der Waals surface area contributed by atoms with E-state index in [1.165, 1.54) is 13.1 Å². The minimum Gasteiger partial charge on any atom is -0.481 e. The van der Waals surface area contributed by atoms with Crippen LogP contribution in [0, 0.1) is 11.8 Å². The minimum absolute atomic E-state index is 0.0168. The number of carbonyl (C=O) groups is 2. The fourth-order valence-electron chi connectivity index (χ4n) is 1.50. The first-order valence-electron chi connectivity index (χ1n) is 5.98. The van der Waals surface area contributed by atoms with Crippen molar-refractivity contribution in [3.63, 3.8) is 0 Å². The zero-order chi connectivity index (χ0) is 14.4. The summed E-state index contributed by atoms with van der Waals surface area (Å²) in [5.41, 5.74) is 0.215. The van der Waals surface area contributed by atoms with Crippen LogP contribution in [0.3, 0.4) is 0 Å². The third-order valence-electron chi connectivity index (χ3n) is 2.75. The summed E-state index contributed by atoms with van der Waals surface area (Å²) in [5.74, 6) is -1.20. The molecule has 0 radical (unpaired) electrons. The largest absolute Gasteiger partial charge is 0.481 e. The Kier molecular flexibility index (Phi) is 5.23. The molecule has 0 fully saturated rings. The van der Waals surface area contributed by atoms with Crippen LogP contribution in [0.1, 0.15) is 24.3 Å². The molecule has 7 nitrogen and oxygen atoms in total. The Morgan fingerprint density at radius 1 is 1.32 bits per heavy atom. The second-order valence-corrected chi connectivity index (χ2v) is 4.45. The summed E-state index contributed by atoms with van der Waals surface area (Å²) in [6, 6.07) is 3.12. The summed E-state index contributed by atoms with van der Waals surface area (Å²) < 4.78 is 0. The number of carboxylic acids is 1. The lowest BCUT2D eigenvalue weighted by Crippen LogP contribution is -2.28. The van der Waals surface area contributed by atoms with Crippen LogP contribution in [-0.4, -0.2) is 40.8 Å². The van der Waals surface area contributed by atoms with Crippen molar-refractivity contribution in [3.05, 3.63) is 17.8 Å². The number of nitrogens with zero attached hydrogens (tertiary/aromatic N) is 2. The first kappa shape index (κ1) is 14.9. The maximum absolute atomic E-state index is 11.3. The molecule has 1 atom stereocenters. The van der Waals surface area contributed by atoms with Gasteiger partial charge in [0.05, 0.1) is 5.92 Å². The first-order chi connectivity index (χ1) is 8.95. The van der Waals surface area contributed by atoms with Crippen molar-refractivity contribution in [2.75, 3.05) is 18.9 Å². The van der Waals surface area contributed by atoms with Gasteiger partial charge in [-0.2, -0.15) is 0 Å². The molecule has 1 unspecified atom stereocenters. The Morgan fingerprint density at radius 3 is 2.42 bits per heavy atom. The van der Waals surface area contributed by atoms with E-state index >= 15 is 0 Å². The molecule has 0 saturated carbocycles. The summed E-state index contributed by atoms with van der Waals surface area (Å²) in [5, 5.41) is 22.0. The monoisotopic (exact) mass is 266 g/mol. The summed E-state index contributed by atoms with van der Waals surface area (Å²) in [4.78, 5) is 22.3. The minimum atomic E-state index is -0.850. The van der Waals surface area contributed by atoms with Gasteiger partial charge in [-0.25, -0.2) is 0 Å². The van der Waals surface area contributed by atoms with Crippen molar-refractivity contribution in [1.29, 1.82) is 0 Å². The van der Waals surface area contributed by atoms with Crippen LogP contribution < -0.4 is 10.6 Å². The second kappa shape index (κ2) is 6.67. The van der Waals surface area contributed by atoms with Crippen LogP contribution in [0.4, 0.5) is 5.82 Å². The predicted octanol–water partition coefficient (Wildman–Crippen LogP) is 0.605. The second-order valence-electron chi connectivity index (χ2n) is 4.45. The smallest absolute Gasteiger partial charge is 0.308 e. The fraction of sp³-hybridized carbons (Fsp3) is 0.500. The van der Waals surface area contributed by atoms with Gasteiger partial charge in [-0.05, 0) is 18.1 Å². The van der Waals surface area contributed by atoms with Gasteiger partial charge in [-0.1, -0.05) is 13.8 Å². The molecule has 7 heteroatoms.